The molecule has 0 atom stereocenters. The van der Waals surface area contributed by atoms with Crippen LogP contribution in [0.3, 0.4) is 0 Å². The lowest BCUT2D eigenvalue weighted by molar-refractivity contribution is 0.793. The van der Waals surface area contributed by atoms with Crippen molar-refractivity contribution in [1.82, 2.24) is 19.7 Å². The first-order chi connectivity index (χ1) is 13.1. The molecule has 0 saturated carbocycles. The Labute approximate surface area is 167 Å². The minimum Gasteiger partial charge on any atom is -0.305 e. The lowest BCUT2D eigenvalue weighted by Crippen LogP contribution is -1.95. The largest absolute Gasteiger partial charge is 0.305 e. The highest BCUT2D eigenvalue weighted by atomic mass is 32.2. The van der Waals surface area contributed by atoms with E-state index in [9.17, 15) is 0 Å². The summed E-state index contributed by atoms with van der Waals surface area (Å²) in [6, 6.07) is 16.8. The van der Waals surface area contributed by atoms with Crippen LogP contribution in [0.1, 0.15) is 16.8 Å². The Morgan fingerprint density at radius 3 is 2.56 bits per heavy atom. The monoisotopic (exact) mass is 392 g/mol. The first kappa shape index (κ1) is 17.9. The van der Waals surface area contributed by atoms with Gasteiger partial charge in [-0.15, -0.1) is 21.5 Å². The molecule has 0 radical (unpaired) electrons. The van der Waals surface area contributed by atoms with Crippen molar-refractivity contribution in [3.63, 3.8) is 0 Å². The van der Waals surface area contributed by atoms with Crippen molar-refractivity contribution >= 4 is 23.1 Å². The SMILES string of the molecule is Cc1ccc(-c2nnc(SCc3csc(-c4cccc(C)c4)n3)n2C)cc1. The molecule has 2 aromatic carbocycles. The molecule has 4 nitrogen and oxygen atoms in total. The normalized spacial score (nSPS) is 11.1. The summed E-state index contributed by atoms with van der Waals surface area (Å²) < 4.78 is 2.04. The Morgan fingerprint density at radius 1 is 0.963 bits per heavy atom. The second-order valence-corrected chi connectivity index (χ2v) is 8.33. The van der Waals surface area contributed by atoms with E-state index in [1.54, 1.807) is 23.1 Å². The molecule has 4 aromatic rings. The lowest BCUT2D eigenvalue weighted by atomic mass is 10.1. The van der Waals surface area contributed by atoms with Crippen molar-refractivity contribution in [2.24, 2.45) is 7.05 Å². The third-order valence-electron chi connectivity index (χ3n) is 4.31. The zero-order valence-electron chi connectivity index (χ0n) is 15.5. The van der Waals surface area contributed by atoms with Gasteiger partial charge in [-0.1, -0.05) is 65.4 Å². The highest BCUT2D eigenvalue weighted by molar-refractivity contribution is 7.98. The van der Waals surface area contributed by atoms with E-state index >= 15 is 0 Å². The summed E-state index contributed by atoms with van der Waals surface area (Å²) >= 11 is 3.35. The van der Waals surface area contributed by atoms with E-state index in [0.717, 1.165) is 33.0 Å². The molecule has 27 heavy (non-hydrogen) atoms. The maximum absolute atomic E-state index is 4.78. The molecule has 0 aliphatic rings. The number of aromatic nitrogens is 4. The number of rotatable bonds is 5. The summed E-state index contributed by atoms with van der Waals surface area (Å²) in [7, 11) is 2.01. The van der Waals surface area contributed by atoms with Gasteiger partial charge < -0.3 is 4.57 Å². The van der Waals surface area contributed by atoms with Crippen LogP contribution in [-0.4, -0.2) is 19.7 Å². The number of thioether (sulfide) groups is 1. The Bertz CT molecular complexity index is 1060. The van der Waals surface area contributed by atoms with E-state index in [4.69, 9.17) is 4.98 Å². The molecule has 0 unspecified atom stereocenters. The van der Waals surface area contributed by atoms with Crippen LogP contribution >= 0.6 is 23.1 Å². The molecule has 0 aliphatic carbocycles. The van der Waals surface area contributed by atoms with Gasteiger partial charge in [-0.25, -0.2) is 4.98 Å². The minimum atomic E-state index is 0.780. The molecule has 6 heteroatoms. The number of hydrogen-bond donors (Lipinski definition) is 0. The van der Waals surface area contributed by atoms with Gasteiger partial charge in [0.1, 0.15) is 5.01 Å². The molecule has 0 bridgehead atoms. The van der Waals surface area contributed by atoms with Crippen LogP contribution in [0.4, 0.5) is 0 Å². The van der Waals surface area contributed by atoms with Crippen LogP contribution in [-0.2, 0) is 12.8 Å². The molecular formula is C21H20N4S2. The third kappa shape index (κ3) is 3.96. The van der Waals surface area contributed by atoms with Gasteiger partial charge in [0, 0.05) is 29.3 Å². The molecule has 2 aromatic heterocycles. The zero-order chi connectivity index (χ0) is 18.8. The fraction of sp³-hybridized carbons (Fsp3) is 0.190. The van der Waals surface area contributed by atoms with Crippen LogP contribution in [0.2, 0.25) is 0 Å². The second kappa shape index (κ2) is 7.66. The molecule has 0 spiro atoms. The molecule has 2 heterocycles. The van der Waals surface area contributed by atoms with Crippen molar-refractivity contribution < 1.29 is 0 Å². The Morgan fingerprint density at radius 2 is 1.78 bits per heavy atom. The van der Waals surface area contributed by atoms with E-state index < -0.39 is 0 Å². The van der Waals surface area contributed by atoms with Crippen LogP contribution in [0.25, 0.3) is 22.0 Å². The first-order valence-corrected chi connectivity index (χ1v) is 10.6. The molecule has 0 saturated heterocycles. The zero-order valence-corrected chi connectivity index (χ0v) is 17.1. The van der Waals surface area contributed by atoms with Gasteiger partial charge in [-0.2, -0.15) is 0 Å². The third-order valence-corrected chi connectivity index (χ3v) is 6.30. The summed E-state index contributed by atoms with van der Waals surface area (Å²) in [5.41, 5.74) is 5.82. The van der Waals surface area contributed by atoms with Gasteiger partial charge in [-0.05, 0) is 19.9 Å². The van der Waals surface area contributed by atoms with E-state index in [-0.39, 0.29) is 0 Å². The van der Waals surface area contributed by atoms with Gasteiger partial charge in [-0.3, -0.25) is 0 Å². The average Bonchev–Trinajstić information content (AvgIpc) is 3.28. The number of nitrogens with zero attached hydrogens (tertiary/aromatic N) is 4. The fourth-order valence-corrected chi connectivity index (χ4v) is 4.54. The second-order valence-electron chi connectivity index (χ2n) is 6.53. The molecule has 0 fully saturated rings. The van der Waals surface area contributed by atoms with E-state index in [1.165, 1.54) is 16.7 Å². The Kier molecular flexibility index (Phi) is 5.09. The van der Waals surface area contributed by atoms with E-state index in [0.29, 0.717) is 0 Å². The Hall–Kier alpha value is -2.44. The van der Waals surface area contributed by atoms with Gasteiger partial charge in [0.15, 0.2) is 11.0 Å². The molecule has 0 amide bonds. The number of hydrogen-bond acceptors (Lipinski definition) is 5. The summed E-state index contributed by atoms with van der Waals surface area (Å²) in [6.45, 7) is 4.19. The highest BCUT2D eigenvalue weighted by Crippen LogP contribution is 2.29. The smallest absolute Gasteiger partial charge is 0.191 e. The van der Waals surface area contributed by atoms with Gasteiger partial charge >= 0.3 is 0 Å². The number of benzene rings is 2. The molecule has 0 aliphatic heterocycles. The average molecular weight is 393 g/mol. The standard InChI is InChI=1S/C21H20N4S2/c1-14-7-9-16(10-8-14)19-23-24-21(25(19)3)27-13-18-12-26-20(22-18)17-6-4-5-15(2)11-17/h4-12H,13H2,1-3H3. The topological polar surface area (TPSA) is 43.6 Å². The van der Waals surface area contributed by atoms with Gasteiger partial charge in [0.25, 0.3) is 0 Å². The van der Waals surface area contributed by atoms with Gasteiger partial charge in [0.2, 0.25) is 0 Å². The predicted molar refractivity (Wildman–Crippen MR) is 113 cm³/mol. The Balaban J connectivity index is 1.47. The van der Waals surface area contributed by atoms with Crippen molar-refractivity contribution in [2.45, 2.75) is 24.8 Å². The van der Waals surface area contributed by atoms with Crippen LogP contribution in [0.15, 0.2) is 59.1 Å². The van der Waals surface area contributed by atoms with E-state index in [2.05, 4.69) is 78.0 Å². The summed E-state index contributed by atoms with van der Waals surface area (Å²) in [5, 5.41) is 12.8. The van der Waals surface area contributed by atoms with Crippen molar-refractivity contribution in [2.75, 3.05) is 0 Å². The van der Waals surface area contributed by atoms with Crippen LogP contribution in [0, 0.1) is 13.8 Å². The molecule has 136 valence electrons. The van der Waals surface area contributed by atoms with Crippen LogP contribution < -0.4 is 0 Å². The maximum atomic E-state index is 4.78. The quantitative estimate of drug-likeness (QED) is 0.420. The minimum absolute atomic E-state index is 0.780. The maximum Gasteiger partial charge on any atom is 0.191 e. The molecular weight excluding hydrogens is 372 g/mol. The van der Waals surface area contributed by atoms with Crippen molar-refractivity contribution in [1.29, 1.82) is 0 Å². The number of thiazole rings is 1. The lowest BCUT2D eigenvalue weighted by Gasteiger charge is -2.03. The van der Waals surface area contributed by atoms with Crippen LogP contribution in [0.5, 0.6) is 0 Å². The highest BCUT2D eigenvalue weighted by Gasteiger charge is 2.12. The van der Waals surface area contributed by atoms with Gasteiger partial charge in [0.05, 0.1) is 5.69 Å². The predicted octanol–water partition coefficient (Wildman–Crippen LogP) is 5.51. The summed E-state index contributed by atoms with van der Waals surface area (Å²) in [4.78, 5) is 4.78. The molecule has 4 rings (SSSR count). The summed E-state index contributed by atoms with van der Waals surface area (Å²) in [6.07, 6.45) is 0. The first-order valence-electron chi connectivity index (χ1n) is 8.71. The fourth-order valence-electron chi connectivity index (χ4n) is 2.82. The molecule has 0 N–H and O–H groups in total. The van der Waals surface area contributed by atoms with E-state index in [1.807, 2.05) is 11.6 Å². The van der Waals surface area contributed by atoms with Crippen molar-refractivity contribution in [3.05, 3.63) is 70.7 Å². The number of aryl methyl sites for hydroxylation is 2. The van der Waals surface area contributed by atoms with Crippen molar-refractivity contribution in [3.8, 4) is 22.0 Å². The summed E-state index contributed by atoms with van der Waals surface area (Å²) in [5.74, 6) is 1.67.